The van der Waals surface area contributed by atoms with Crippen LogP contribution in [0.3, 0.4) is 0 Å². The molecule has 0 saturated heterocycles. The number of carbonyl (C=O) groups excluding carboxylic acids is 1. The first-order chi connectivity index (χ1) is 11.2. The van der Waals surface area contributed by atoms with Gasteiger partial charge < -0.3 is 10.4 Å². The van der Waals surface area contributed by atoms with E-state index in [-0.39, 0.29) is 12.5 Å². The van der Waals surface area contributed by atoms with E-state index < -0.39 is 5.60 Å². The highest BCUT2D eigenvalue weighted by atomic mass is 32.1. The molecule has 2 aromatic heterocycles. The second-order valence-electron chi connectivity index (χ2n) is 5.93. The Kier molecular flexibility index (Phi) is 4.97. The maximum absolute atomic E-state index is 12.2. The lowest BCUT2D eigenvalue weighted by Crippen LogP contribution is -2.42. The zero-order valence-electron chi connectivity index (χ0n) is 12.9. The van der Waals surface area contributed by atoms with Gasteiger partial charge in [0.15, 0.2) is 10.8 Å². The molecule has 0 aliphatic heterocycles. The van der Waals surface area contributed by atoms with Crippen LogP contribution in [-0.4, -0.2) is 38.1 Å². The number of aliphatic hydroxyl groups is 1. The quantitative estimate of drug-likeness (QED) is 0.840. The first-order valence-electron chi connectivity index (χ1n) is 7.90. The first kappa shape index (κ1) is 16.0. The third-order valence-corrected chi connectivity index (χ3v) is 4.94. The van der Waals surface area contributed by atoms with E-state index in [1.54, 1.807) is 23.8 Å². The average molecular weight is 332 g/mol. The van der Waals surface area contributed by atoms with E-state index in [0.29, 0.717) is 16.5 Å². The molecule has 2 aromatic rings. The monoisotopic (exact) mass is 332 g/mol. The SMILES string of the molecule is O=C(NCC1(O)CCCCCC1)c1csc(-c2ncccn2)n1. The molecule has 0 bridgehead atoms. The van der Waals surface area contributed by atoms with Gasteiger partial charge in [0.1, 0.15) is 5.69 Å². The normalized spacial score (nSPS) is 17.4. The summed E-state index contributed by atoms with van der Waals surface area (Å²) >= 11 is 1.34. The van der Waals surface area contributed by atoms with E-state index in [2.05, 4.69) is 20.3 Å². The average Bonchev–Trinajstić information content (AvgIpc) is 2.97. The molecule has 0 spiro atoms. The number of nitrogens with zero attached hydrogens (tertiary/aromatic N) is 3. The second-order valence-corrected chi connectivity index (χ2v) is 6.79. The van der Waals surface area contributed by atoms with E-state index in [1.165, 1.54) is 11.3 Å². The van der Waals surface area contributed by atoms with Crippen LogP contribution in [0.25, 0.3) is 10.8 Å². The molecule has 6 nitrogen and oxygen atoms in total. The fraction of sp³-hybridized carbons (Fsp3) is 0.500. The van der Waals surface area contributed by atoms with Gasteiger partial charge in [0.05, 0.1) is 5.60 Å². The fourth-order valence-electron chi connectivity index (χ4n) is 2.79. The maximum Gasteiger partial charge on any atom is 0.270 e. The van der Waals surface area contributed by atoms with Crippen LogP contribution in [0.15, 0.2) is 23.8 Å². The van der Waals surface area contributed by atoms with Gasteiger partial charge in [-0.05, 0) is 18.9 Å². The number of carbonyl (C=O) groups is 1. The number of hydrogen-bond acceptors (Lipinski definition) is 6. The fourth-order valence-corrected chi connectivity index (χ4v) is 3.53. The van der Waals surface area contributed by atoms with Crippen LogP contribution in [0.4, 0.5) is 0 Å². The van der Waals surface area contributed by atoms with Crippen molar-refractivity contribution in [3.05, 3.63) is 29.5 Å². The summed E-state index contributed by atoms with van der Waals surface area (Å²) in [6.45, 7) is 0.278. The van der Waals surface area contributed by atoms with Crippen molar-refractivity contribution in [3.63, 3.8) is 0 Å². The van der Waals surface area contributed by atoms with Crippen molar-refractivity contribution in [3.8, 4) is 10.8 Å². The molecule has 1 amide bonds. The van der Waals surface area contributed by atoms with Gasteiger partial charge in [0.25, 0.3) is 5.91 Å². The molecule has 1 fully saturated rings. The van der Waals surface area contributed by atoms with Gasteiger partial charge in [-0.25, -0.2) is 15.0 Å². The van der Waals surface area contributed by atoms with Gasteiger partial charge in [-0.3, -0.25) is 4.79 Å². The highest BCUT2D eigenvalue weighted by Gasteiger charge is 2.28. The Morgan fingerprint density at radius 3 is 2.61 bits per heavy atom. The van der Waals surface area contributed by atoms with Crippen LogP contribution in [0.5, 0.6) is 0 Å². The Bertz CT molecular complexity index is 651. The van der Waals surface area contributed by atoms with E-state index in [0.717, 1.165) is 38.5 Å². The van der Waals surface area contributed by atoms with Gasteiger partial charge in [0, 0.05) is 24.3 Å². The molecule has 1 saturated carbocycles. The number of rotatable bonds is 4. The van der Waals surface area contributed by atoms with Crippen LogP contribution in [-0.2, 0) is 0 Å². The Morgan fingerprint density at radius 2 is 1.91 bits per heavy atom. The number of amides is 1. The molecule has 0 radical (unpaired) electrons. The molecule has 122 valence electrons. The predicted octanol–water partition coefficient (Wildman–Crippen LogP) is 2.42. The van der Waals surface area contributed by atoms with Crippen molar-refractivity contribution in [2.24, 2.45) is 0 Å². The minimum atomic E-state index is -0.784. The number of nitrogens with one attached hydrogen (secondary N) is 1. The lowest BCUT2D eigenvalue weighted by atomic mass is 9.94. The second kappa shape index (κ2) is 7.14. The van der Waals surface area contributed by atoms with Gasteiger partial charge >= 0.3 is 0 Å². The van der Waals surface area contributed by atoms with E-state index in [9.17, 15) is 9.90 Å². The Balaban J connectivity index is 1.61. The molecule has 1 aliphatic carbocycles. The maximum atomic E-state index is 12.2. The predicted molar refractivity (Wildman–Crippen MR) is 88.1 cm³/mol. The van der Waals surface area contributed by atoms with Crippen molar-refractivity contribution in [1.82, 2.24) is 20.3 Å². The van der Waals surface area contributed by atoms with Crippen LogP contribution < -0.4 is 5.32 Å². The molecule has 0 unspecified atom stereocenters. The summed E-state index contributed by atoms with van der Waals surface area (Å²) in [4.78, 5) is 24.8. The van der Waals surface area contributed by atoms with Gasteiger partial charge in [-0.2, -0.15) is 0 Å². The third kappa shape index (κ3) is 4.11. The third-order valence-electron chi connectivity index (χ3n) is 4.11. The zero-order valence-corrected chi connectivity index (χ0v) is 13.7. The van der Waals surface area contributed by atoms with Crippen LogP contribution in [0, 0.1) is 0 Å². The highest BCUT2D eigenvalue weighted by Crippen LogP contribution is 2.26. The summed E-state index contributed by atoms with van der Waals surface area (Å²) in [7, 11) is 0. The van der Waals surface area contributed by atoms with E-state index >= 15 is 0 Å². The van der Waals surface area contributed by atoms with Gasteiger partial charge in [-0.1, -0.05) is 25.7 Å². The minimum Gasteiger partial charge on any atom is -0.388 e. The molecule has 1 aliphatic rings. The van der Waals surface area contributed by atoms with Crippen LogP contribution in [0.2, 0.25) is 0 Å². The van der Waals surface area contributed by atoms with Gasteiger partial charge in [0.2, 0.25) is 0 Å². The van der Waals surface area contributed by atoms with Crippen molar-refractivity contribution >= 4 is 17.2 Å². The molecule has 7 heteroatoms. The summed E-state index contributed by atoms with van der Waals surface area (Å²) in [5, 5.41) is 15.7. The molecule has 2 heterocycles. The lowest BCUT2D eigenvalue weighted by Gasteiger charge is -2.26. The highest BCUT2D eigenvalue weighted by molar-refractivity contribution is 7.13. The molecular weight excluding hydrogens is 312 g/mol. The Hall–Kier alpha value is -1.86. The first-order valence-corrected chi connectivity index (χ1v) is 8.78. The molecule has 2 N–H and O–H groups in total. The summed E-state index contributed by atoms with van der Waals surface area (Å²) in [5.41, 5.74) is -0.442. The van der Waals surface area contributed by atoms with E-state index in [4.69, 9.17) is 0 Å². The van der Waals surface area contributed by atoms with Crippen molar-refractivity contribution in [2.75, 3.05) is 6.54 Å². The summed E-state index contributed by atoms with van der Waals surface area (Å²) in [5.74, 6) is 0.250. The molecule has 0 atom stereocenters. The number of aromatic nitrogens is 3. The number of thiazole rings is 1. The van der Waals surface area contributed by atoms with Crippen LogP contribution in [0.1, 0.15) is 49.0 Å². The summed E-state index contributed by atoms with van der Waals surface area (Å²) < 4.78 is 0. The number of hydrogen-bond donors (Lipinski definition) is 2. The van der Waals surface area contributed by atoms with Crippen molar-refractivity contribution < 1.29 is 9.90 Å². The smallest absolute Gasteiger partial charge is 0.270 e. The molecule has 3 rings (SSSR count). The lowest BCUT2D eigenvalue weighted by molar-refractivity contribution is 0.0246. The van der Waals surface area contributed by atoms with Crippen molar-refractivity contribution in [1.29, 1.82) is 0 Å². The Labute approximate surface area is 139 Å². The van der Waals surface area contributed by atoms with Gasteiger partial charge in [-0.15, -0.1) is 11.3 Å². The summed E-state index contributed by atoms with van der Waals surface area (Å²) in [6.07, 6.45) is 9.11. The largest absolute Gasteiger partial charge is 0.388 e. The standard InChI is InChI=1S/C16H20N4O2S/c21-14(19-11-16(22)6-3-1-2-4-7-16)12-10-23-15(20-12)13-17-8-5-9-18-13/h5,8-10,22H,1-4,6-7,11H2,(H,19,21). The molecule has 0 aromatic carbocycles. The zero-order chi connectivity index (χ0) is 16.1. The Morgan fingerprint density at radius 1 is 1.22 bits per heavy atom. The molecular formula is C16H20N4O2S. The van der Waals surface area contributed by atoms with Crippen LogP contribution >= 0.6 is 11.3 Å². The van der Waals surface area contributed by atoms with Crippen molar-refractivity contribution in [2.45, 2.75) is 44.1 Å². The summed E-state index contributed by atoms with van der Waals surface area (Å²) in [6, 6.07) is 1.73. The molecule has 23 heavy (non-hydrogen) atoms. The topological polar surface area (TPSA) is 88.0 Å². The van der Waals surface area contributed by atoms with E-state index in [1.807, 2.05) is 0 Å². The minimum absolute atomic E-state index is 0.263.